The zero-order valence-corrected chi connectivity index (χ0v) is 19.7. The van der Waals surface area contributed by atoms with Crippen LogP contribution in [-0.4, -0.2) is 30.0 Å². The molecule has 0 aliphatic heterocycles. The van der Waals surface area contributed by atoms with E-state index >= 15 is 0 Å². The van der Waals surface area contributed by atoms with Crippen molar-refractivity contribution in [1.29, 1.82) is 0 Å². The largest absolute Gasteiger partial charge is 0.474 e. The molecule has 32 heavy (non-hydrogen) atoms. The van der Waals surface area contributed by atoms with Crippen molar-refractivity contribution in [1.82, 2.24) is 0 Å². The minimum atomic E-state index is -1.01. The van der Waals surface area contributed by atoms with Crippen LogP contribution in [0, 0.1) is 21.4 Å². The molecule has 0 spiro atoms. The van der Waals surface area contributed by atoms with Gasteiger partial charge in [-0.25, -0.2) is 4.79 Å². The molecule has 2 aromatic rings. The first-order valence-electron chi connectivity index (χ1n) is 10.5. The quantitative estimate of drug-likeness (QED) is 0.369. The number of para-hydroxylation sites is 2. The van der Waals surface area contributed by atoms with Crippen LogP contribution in [-0.2, 0) is 22.4 Å². The summed E-state index contributed by atoms with van der Waals surface area (Å²) in [4.78, 5) is 37.1. The Balaban J connectivity index is 1.84. The van der Waals surface area contributed by atoms with Crippen LogP contribution in [0.2, 0.25) is 0 Å². The molecule has 172 valence electrons. The lowest BCUT2D eigenvalue weighted by Gasteiger charge is -2.33. The molecule has 3 rings (SSSR count). The molecule has 2 unspecified atom stereocenters. The fraction of sp³-hybridized carbons (Fsp3) is 0.478. The number of hydrogen-bond acceptors (Lipinski definition) is 7. The van der Waals surface area contributed by atoms with Crippen LogP contribution in [0.3, 0.4) is 0 Å². The molecule has 1 N–H and O–H groups in total. The van der Waals surface area contributed by atoms with Crippen molar-refractivity contribution in [3.8, 4) is 5.75 Å². The molecule has 1 aliphatic carbocycles. The van der Waals surface area contributed by atoms with Crippen LogP contribution in [0.1, 0.15) is 54.9 Å². The highest BCUT2D eigenvalue weighted by atomic mass is 32.1. The zero-order valence-electron chi connectivity index (χ0n) is 18.9. The van der Waals surface area contributed by atoms with Crippen LogP contribution in [0.4, 0.5) is 10.7 Å². The van der Waals surface area contributed by atoms with Crippen molar-refractivity contribution in [3.05, 3.63) is 50.4 Å². The maximum absolute atomic E-state index is 12.8. The number of anilines is 1. The number of esters is 1. The second kappa shape index (κ2) is 9.28. The lowest BCUT2D eigenvalue weighted by atomic mass is 9.72. The van der Waals surface area contributed by atoms with Crippen molar-refractivity contribution in [2.45, 2.75) is 53.1 Å². The number of methoxy groups -OCH3 is 1. The molecular formula is C23H28N2O6S. The molecule has 0 bridgehead atoms. The summed E-state index contributed by atoms with van der Waals surface area (Å²) < 4.78 is 10.6. The van der Waals surface area contributed by atoms with Gasteiger partial charge in [0.15, 0.2) is 11.9 Å². The van der Waals surface area contributed by atoms with Crippen LogP contribution in [0.15, 0.2) is 24.3 Å². The Bertz CT molecular complexity index is 1040. The predicted molar refractivity (Wildman–Crippen MR) is 122 cm³/mol. The molecule has 8 nitrogen and oxygen atoms in total. The van der Waals surface area contributed by atoms with Crippen LogP contribution >= 0.6 is 11.3 Å². The number of fused-ring (bicyclic) bond motifs is 1. The summed E-state index contributed by atoms with van der Waals surface area (Å²) in [5, 5.41) is 14.4. The van der Waals surface area contributed by atoms with Gasteiger partial charge in [0.2, 0.25) is 0 Å². The van der Waals surface area contributed by atoms with Crippen molar-refractivity contribution in [2.24, 2.45) is 11.3 Å². The van der Waals surface area contributed by atoms with Crippen LogP contribution in [0.5, 0.6) is 5.75 Å². The third-order valence-corrected chi connectivity index (χ3v) is 7.02. The average Bonchev–Trinajstić information content (AvgIpc) is 3.09. The SMILES string of the molecule is COC(=O)c1c(NC(=O)C(C)Oc2ccccc2[N+](=O)[O-])sc2c1CCC(C(C)(C)C)C2. The van der Waals surface area contributed by atoms with E-state index in [1.807, 2.05) is 0 Å². The Hall–Kier alpha value is -2.94. The van der Waals surface area contributed by atoms with Crippen LogP contribution < -0.4 is 10.1 Å². The van der Waals surface area contributed by atoms with Gasteiger partial charge < -0.3 is 14.8 Å². The van der Waals surface area contributed by atoms with Crippen molar-refractivity contribution < 1.29 is 24.0 Å². The van der Waals surface area contributed by atoms with Gasteiger partial charge in [-0.15, -0.1) is 11.3 Å². The second-order valence-electron chi connectivity index (χ2n) is 8.98. The molecule has 2 atom stereocenters. The Kier molecular flexibility index (Phi) is 6.88. The number of carbonyl (C=O) groups excluding carboxylic acids is 2. The first-order chi connectivity index (χ1) is 15.0. The summed E-state index contributed by atoms with van der Waals surface area (Å²) in [6.07, 6.45) is 1.53. The molecule has 0 fully saturated rings. The maximum atomic E-state index is 12.8. The fourth-order valence-corrected chi connectivity index (χ4v) is 5.21. The zero-order chi connectivity index (χ0) is 23.6. The standard InChI is InChI=1S/C23H28N2O6S/c1-13(31-17-9-7-6-8-16(17)25(28)29)20(26)24-21-19(22(27)30-5)15-11-10-14(23(2,3)4)12-18(15)32-21/h6-9,13-14H,10-12H2,1-5H3,(H,24,26). The van der Waals surface area contributed by atoms with Gasteiger partial charge in [0.25, 0.3) is 5.91 Å². The molecule has 0 radical (unpaired) electrons. The van der Waals surface area contributed by atoms with Crippen molar-refractivity contribution >= 4 is 33.9 Å². The Labute approximate surface area is 191 Å². The number of carbonyl (C=O) groups is 2. The minimum absolute atomic E-state index is 0.00633. The molecule has 0 saturated heterocycles. The van der Waals surface area contributed by atoms with Gasteiger partial charge in [-0.3, -0.25) is 14.9 Å². The van der Waals surface area contributed by atoms with Gasteiger partial charge >= 0.3 is 11.7 Å². The van der Waals surface area contributed by atoms with Crippen molar-refractivity contribution in [2.75, 3.05) is 12.4 Å². The molecule has 0 saturated carbocycles. The Morgan fingerprint density at radius 2 is 1.97 bits per heavy atom. The fourth-order valence-electron chi connectivity index (χ4n) is 3.90. The van der Waals surface area contributed by atoms with E-state index in [4.69, 9.17) is 9.47 Å². The number of nitrogens with one attached hydrogen (secondary N) is 1. The topological polar surface area (TPSA) is 108 Å². The van der Waals surface area contributed by atoms with Gasteiger partial charge in [0, 0.05) is 10.9 Å². The number of amides is 1. The first-order valence-corrected chi connectivity index (χ1v) is 11.3. The highest BCUT2D eigenvalue weighted by Gasteiger charge is 2.35. The number of thiophene rings is 1. The summed E-state index contributed by atoms with van der Waals surface area (Å²) in [5.41, 5.74) is 1.25. The lowest BCUT2D eigenvalue weighted by Crippen LogP contribution is -2.30. The number of nitrogens with zero attached hydrogens (tertiary/aromatic N) is 1. The van der Waals surface area contributed by atoms with E-state index in [1.165, 1.54) is 43.6 Å². The van der Waals surface area contributed by atoms with E-state index in [1.54, 1.807) is 6.07 Å². The van der Waals surface area contributed by atoms with Gasteiger partial charge in [0.1, 0.15) is 5.00 Å². The van der Waals surface area contributed by atoms with Gasteiger partial charge in [0.05, 0.1) is 17.6 Å². The van der Waals surface area contributed by atoms with E-state index in [9.17, 15) is 19.7 Å². The summed E-state index contributed by atoms with van der Waals surface area (Å²) in [6.45, 7) is 8.14. The Morgan fingerprint density at radius 1 is 1.28 bits per heavy atom. The monoisotopic (exact) mass is 460 g/mol. The summed E-state index contributed by atoms with van der Waals surface area (Å²) >= 11 is 1.39. The number of nitro groups is 1. The van der Waals surface area contributed by atoms with E-state index < -0.39 is 22.9 Å². The number of hydrogen-bond donors (Lipinski definition) is 1. The number of benzene rings is 1. The average molecular weight is 461 g/mol. The van der Waals surface area contributed by atoms with Gasteiger partial charge in [-0.05, 0) is 49.1 Å². The van der Waals surface area contributed by atoms with E-state index in [0.717, 1.165) is 29.7 Å². The molecule has 1 aromatic carbocycles. The van der Waals surface area contributed by atoms with Crippen LogP contribution in [0.25, 0.3) is 0 Å². The maximum Gasteiger partial charge on any atom is 0.341 e. The molecule has 1 aliphatic rings. The lowest BCUT2D eigenvalue weighted by molar-refractivity contribution is -0.386. The Morgan fingerprint density at radius 3 is 2.59 bits per heavy atom. The highest BCUT2D eigenvalue weighted by Crippen LogP contribution is 2.44. The van der Waals surface area contributed by atoms with E-state index in [-0.39, 0.29) is 16.9 Å². The third kappa shape index (κ3) is 4.93. The number of rotatable bonds is 6. The predicted octanol–water partition coefficient (Wildman–Crippen LogP) is 5.00. The smallest absolute Gasteiger partial charge is 0.341 e. The normalized spacial score (nSPS) is 16.6. The number of ether oxygens (including phenoxy) is 2. The molecule has 1 aromatic heterocycles. The summed E-state index contributed by atoms with van der Waals surface area (Å²) in [6, 6.07) is 5.88. The first kappa shape index (κ1) is 23.7. The highest BCUT2D eigenvalue weighted by molar-refractivity contribution is 7.17. The van der Waals surface area contributed by atoms with Gasteiger partial charge in [-0.2, -0.15) is 0 Å². The summed E-state index contributed by atoms with van der Waals surface area (Å²) in [5.74, 6) is -0.506. The molecule has 1 heterocycles. The van der Waals surface area contributed by atoms with E-state index in [2.05, 4.69) is 26.1 Å². The van der Waals surface area contributed by atoms with E-state index in [0.29, 0.717) is 16.5 Å². The molecule has 1 amide bonds. The van der Waals surface area contributed by atoms with Crippen molar-refractivity contribution in [3.63, 3.8) is 0 Å². The van der Waals surface area contributed by atoms with Gasteiger partial charge in [-0.1, -0.05) is 32.9 Å². The summed E-state index contributed by atoms with van der Waals surface area (Å²) in [7, 11) is 1.32. The third-order valence-electron chi connectivity index (χ3n) is 5.85. The second-order valence-corrected chi connectivity index (χ2v) is 10.1. The number of nitro benzene ring substituents is 1. The molecular weight excluding hydrogens is 432 g/mol. The molecule has 9 heteroatoms. The minimum Gasteiger partial charge on any atom is -0.474 e.